The van der Waals surface area contributed by atoms with E-state index in [0.29, 0.717) is 13.1 Å². The first-order chi connectivity index (χ1) is 9.52. The third-order valence-electron chi connectivity index (χ3n) is 3.61. The number of hydrogen-bond acceptors (Lipinski definition) is 3. The van der Waals surface area contributed by atoms with Gasteiger partial charge in [-0.15, -0.1) is 0 Å². The average molecular weight is 279 g/mol. The Morgan fingerprint density at radius 3 is 2.30 bits per heavy atom. The minimum atomic E-state index is -1.10. The van der Waals surface area contributed by atoms with Gasteiger partial charge in [0.1, 0.15) is 11.3 Å². The summed E-state index contributed by atoms with van der Waals surface area (Å²) in [7, 11) is 0. The predicted octanol–water partition coefficient (Wildman–Crippen LogP) is 2.18. The lowest BCUT2D eigenvalue weighted by molar-refractivity contribution is 0.0672. The molecule has 1 amide bonds. The molecule has 1 aromatic rings. The zero-order chi connectivity index (χ0) is 14.7. The van der Waals surface area contributed by atoms with E-state index in [1.54, 1.807) is 4.90 Å². The molecular weight excluding hydrogens is 258 g/mol. The molecular formula is C14H21N3O3. The molecule has 2 rings (SSSR count). The number of carbonyl (C=O) groups excluding carboxylic acids is 1. The van der Waals surface area contributed by atoms with Crippen molar-refractivity contribution in [3.05, 3.63) is 17.5 Å². The van der Waals surface area contributed by atoms with Crippen LogP contribution in [-0.2, 0) is 0 Å². The van der Waals surface area contributed by atoms with Gasteiger partial charge in [-0.2, -0.15) is 5.10 Å². The number of carboxylic acids is 1. The van der Waals surface area contributed by atoms with E-state index < -0.39 is 5.97 Å². The zero-order valence-corrected chi connectivity index (χ0v) is 12.0. The van der Waals surface area contributed by atoms with Gasteiger partial charge in [0.05, 0.1) is 6.20 Å². The van der Waals surface area contributed by atoms with Crippen molar-refractivity contribution in [3.8, 4) is 0 Å². The van der Waals surface area contributed by atoms with Gasteiger partial charge in [0.25, 0.3) is 5.91 Å². The molecule has 6 heteroatoms. The summed E-state index contributed by atoms with van der Waals surface area (Å²) in [5.74, 6) is -1.31. The van der Waals surface area contributed by atoms with E-state index in [4.69, 9.17) is 0 Å². The van der Waals surface area contributed by atoms with Crippen molar-refractivity contribution in [2.24, 2.45) is 0 Å². The molecule has 0 aromatic carbocycles. The number of likely N-dealkylation sites (tertiary alicyclic amines) is 1. The minimum Gasteiger partial charge on any atom is -0.478 e. The lowest BCUT2D eigenvalue weighted by Gasteiger charge is -2.22. The van der Waals surface area contributed by atoms with Crippen molar-refractivity contribution in [2.45, 2.75) is 45.6 Å². The summed E-state index contributed by atoms with van der Waals surface area (Å²) in [6.07, 6.45) is 5.47. The second-order valence-corrected chi connectivity index (χ2v) is 5.46. The van der Waals surface area contributed by atoms with Gasteiger partial charge in [-0.3, -0.25) is 9.48 Å². The number of nitrogens with zero attached hydrogens (tertiary/aromatic N) is 3. The molecule has 0 saturated carbocycles. The molecule has 0 atom stereocenters. The maximum Gasteiger partial charge on any atom is 0.339 e. The number of rotatable bonds is 3. The fourth-order valence-electron chi connectivity index (χ4n) is 2.55. The van der Waals surface area contributed by atoms with Crippen molar-refractivity contribution in [1.29, 1.82) is 0 Å². The molecule has 20 heavy (non-hydrogen) atoms. The zero-order valence-electron chi connectivity index (χ0n) is 12.0. The SMILES string of the molecule is CC(C)n1ncc(C(=O)O)c1C(=O)N1CCCCCC1. The van der Waals surface area contributed by atoms with Crippen LogP contribution in [0.2, 0.25) is 0 Å². The summed E-state index contributed by atoms with van der Waals surface area (Å²) < 4.78 is 1.51. The van der Waals surface area contributed by atoms with Crippen LogP contribution in [0, 0.1) is 0 Å². The molecule has 1 saturated heterocycles. The van der Waals surface area contributed by atoms with Crippen LogP contribution in [0.15, 0.2) is 6.20 Å². The van der Waals surface area contributed by atoms with Gasteiger partial charge in [0.15, 0.2) is 0 Å². The van der Waals surface area contributed by atoms with Gasteiger partial charge in [-0.25, -0.2) is 4.79 Å². The molecule has 1 fully saturated rings. The van der Waals surface area contributed by atoms with Crippen LogP contribution >= 0.6 is 0 Å². The number of hydrogen-bond donors (Lipinski definition) is 1. The molecule has 6 nitrogen and oxygen atoms in total. The molecule has 0 unspecified atom stereocenters. The van der Waals surface area contributed by atoms with E-state index in [1.165, 1.54) is 10.9 Å². The van der Waals surface area contributed by atoms with Crippen LogP contribution in [0.4, 0.5) is 0 Å². The van der Waals surface area contributed by atoms with Crippen molar-refractivity contribution in [1.82, 2.24) is 14.7 Å². The van der Waals surface area contributed by atoms with Gasteiger partial charge >= 0.3 is 5.97 Å². The molecule has 1 aliphatic rings. The van der Waals surface area contributed by atoms with Crippen molar-refractivity contribution < 1.29 is 14.7 Å². The average Bonchev–Trinajstić information content (AvgIpc) is 2.67. The smallest absolute Gasteiger partial charge is 0.339 e. The number of aromatic nitrogens is 2. The van der Waals surface area contributed by atoms with Crippen LogP contribution in [0.5, 0.6) is 0 Å². The van der Waals surface area contributed by atoms with Crippen LogP contribution in [-0.4, -0.2) is 44.8 Å². The fraction of sp³-hybridized carbons (Fsp3) is 0.643. The second-order valence-electron chi connectivity index (χ2n) is 5.46. The van der Waals surface area contributed by atoms with Crippen LogP contribution in [0.25, 0.3) is 0 Å². The number of aromatic carboxylic acids is 1. The Balaban J connectivity index is 2.36. The Labute approximate surface area is 118 Å². The minimum absolute atomic E-state index is 0.00653. The highest BCUT2D eigenvalue weighted by Gasteiger charge is 2.28. The molecule has 1 aliphatic heterocycles. The molecule has 0 bridgehead atoms. The molecule has 0 spiro atoms. The van der Waals surface area contributed by atoms with E-state index in [9.17, 15) is 14.7 Å². The van der Waals surface area contributed by atoms with Crippen molar-refractivity contribution in [2.75, 3.05) is 13.1 Å². The highest BCUT2D eigenvalue weighted by Crippen LogP contribution is 2.19. The highest BCUT2D eigenvalue weighted by molar-refractivity contribution is 6.03. The normalized spacial score (nSPS) is 16.2. The summed E-state index contributed by atoms with van der Waals surface area (Å²) in [5.41, 5.74) is 0.197. The molecule has 0 aliphatic carbocycles. The Bertz CT molecular complexity index is 500. The van der Waals surface area contributed by atoms with Crippen molar-refractivity contribution >= 4 is 11.9 Å². The molecule has 0 radical (unpaired) electrons. The summed E-state index contributed by atoms with van der Waals surface area (Å²) in [6.45, 7) is 5.16. The molecule has 110 valence electrons. The number of amides is 1. The Kier molecular flexibility index (Phi) is 4.42. The fourth-order valence-corrected chi connectivity index (χ4v) is 2.55. The lowest BCUT2D eigenvalue weighted by Crippen LogP contribution is -2.34. The first-order valence-electron chi connectivity index (χ1n) is 7.12. The first kappa shape index (κ1) is 14.6. The predicted molar refractivity (Wildman–Crippen MR) is 73.9 cm³/mol. The summed E-state index contributed by atoms with van der Waals surface area (Å²) in [5, 5.41) is 13.3. The van der Waals surface area contributed by atoms with Gasteiger partial charge in [0.2, 0.25) is 0 Å². The highest BCUT2D eigenvalue weighted by atomic mass is 16.4. The first-order valence-corrected chi connectivity index (χ1v) is 7.12. The monoisotopic (exact) mass is 279 g/mol. The quantitative estimate of drug-likeness (QED) is 0.920. The Morgan fingerprint density at radius 1 is 1.20 bits per heavy atom. The maximum absolute atomic E-state index is 12.7. The van der Waals surface area contributed by atoms with E-state index in [0.717, 1.165) is 25.7 Å². The Morgan fingerprint density at radius 2 is 1.80 bits per heavy atom. The summed E-state index contributed by atoms with van der Waals surface area (Å²) >= 11 is 0. The number of carboxylic acid groups (broad SMARTS) is 1. The maximum atomic E-state index is 12.7. The van der Waals surface area contributed by atoms with Gasteiger partial charge in [-0.1, -0.05) is 12.8 Å². The van der Waals surface area contributed by atoms with E-state index >= 15 is 0 Å². The van der Waals surface area contributed by atoms with Gasteiger partial charge in [-0.05, 0) is 26.7 Å². The summed E-state index contributed by atoms with van der Waals surface area (Å²) in [4.78, 5) is 25.7. The van der Waals surface area contributed by atoms with Crippen molar-refractivity contribution in [3.63, 3.8) is 0 Å². The van der Waals surface area contributed by atoms with E-state index in [1.807, 2.05) is 13.8 Å². The van der Waals surface area contributed by atoms with Crippen LogP contribution in [0.1, 0.15) is 66.4 Å². The standard InChI is InChI=1S/C14H21N3O3/c1-10(2)17-12(11(9-15-17)14(19)20)13(18)16-7-5-3-4-6-8-16/h9-10H,3-8H2,1-2H3,(H,19,20). The molecule has 1 N–H and O–H groups in total. The third kappa shape index (κ3) is 2.84. The molecule has 2 heterocycles. The lowest BCUT2D eigenvalue weighted by atomic mass is 10.2. The van der Waals surface area contributed by atoms with E-state index in [2.05, 4.69) is 5.10 Å². The van der Waals surface area contributed by atoms with Gasteiger partial charge in [0, 0.05) is 19.1 Å². The topological polar surface area (TPSA) is 75.4 Å². The number of carbonyl (C=O) groups is 2. The summed E-state index contributed by atoms with van der Waals surface area (Å²) in [6, 6.07) is -0.0472. The van der Waals surface area contributed by atoms with Crippen LogP contribution in [0.3, 0.4) is 0 Å². The van der Waals surface area contributed by atoms with Gasteiger partial charge < -0.3 is 10.0 Å². The largest absolute Gasteiger partial charge is 0.478 e. The Hall–Kier alpha value is -1.85. The van der Waals surface area contributed by atoms with E-state index in [-0.39, 0.29) is 23.2 Å². The van der Waals surface area contributed by atoms with Crippen LogP contribution < -0.4 is 0 Å². The second kappa shape index (κ2) is 6.07. The third-order valence-corrected chi connectivity index (χ3v) is 3.61. The molecule has 1 aromatic heterocycles.